The van der Waals surface area contributed by atoms with E-state index in [1.807, 2.05) is 13.0 Å². The summed E-state index contributed by atoms with van der Waals surface area (Å²) in [4.78, 5) is 16.1. The van der Waals surface area contributed by atoms with Crippen molar-refractivity contribution in [3.8, 4) is 11.3 Å². The molecular weight excluding hydrogens is 435 g/mol. The van der Waals surface area contributed by atoms with E-state index < -0.39 is 22.2 Å². The number of carbonyl (C=O) groups is 1. The zero-order valence-corrected chi connectivity index (χ0v) is 18.5. The molecule has 2 aromatic carbocycles. The maximum Gasteiger partial charge on any atom is 0.335 e. The third-order valence-corrected chi connectivity index (χ3v) is 7.51. The third-order valence-electron chi connectivity index (χ3n) is 5.65. The van der Waals surface area contributed by atoms with Gasteiger partial charge in [0.2, 0.25) is 10.0 Å². The van der Waals surface area contributed by atoms with Crippen molar-refractivity contribution in [3.05, 3.63) is 59.2 Å². The fourth-order valence-corrected chi connectivity index (χ4v) is 5.52. The SMILES string of the molecule is COCc1cc(S(=O)(=O)N2CC[C@H](F)C2)ccc1-c1cc(C)c2ccc(C(=O)O)cc2n1. The lowest BCUT2D eigenvalue weighted by atomic mass is 10.0. The Morgan fingerprint density at radius 1 is 1.25 bits per heavy atom. The lowest BCUT2D eigenvalue weighted by Crippen LogP contribution is -2.29. The number of aromatic carboxylic acids is 1. The van der Waals surface area contributed by atoms with Crippen molar-refractivity contribution in [2.24, 2.45) is 0 Å². The van der Waals surface area contributed by atoms with Gasteiger partial charge in [-0.2, -0.15) is 4.31 Å². The average molecular weight is 459 g/mol. The molecule has 1 aromatic heterocycles. The van der Waals surface area contributed by atoms with Gasteiger partial charge >= 0.3 is 5.97 Å². The molecule has 1 fully saturated rings. The van der Waals surface area contributed by atoms with Gasteiger partial charge in [-0.15, -0.1) is 0 Å². The standard InChI is InChI=1S/C23H23FN2O5S/c1-14-9-21(25-22-11-15(23(27)28)3-5-19(14)22)20-6-4-18(10-16(20)13-31-2)32(29,30)26-8-7-17(24)12-26/h3-6,9-11,17H,7-8,12-13H2,1-2H3,(H,27,28)/t17-/m0/s1. The molecule has 1 atom stereocenters. The number of hydrogen-bond acceptors (Lipinski definition) is 5. The van der Waals surface area contributed by atoms with Gasteiger partial charge in [-0.25, -0.2) is 22.6 Å². The number of aromatic nitrogens is 1. The summed E-state index contributed by atoms with van der Waals surface area (Å²) in [6.07, 6.45) is -0.955. The van der Waals surface area contributed by atoms with Crippen LogP contribution in [0, 0.1) is 6.92 Å². The maximum atomic E-state index is 13.6. The number of carboxylic acid groups (broad SMARTS) is 1. The fourth-order valence-electron chi connectivity index (χ4n) is 3.98. The second-order valence-electron chi connectivity index (χ2n) is 7.86. The fraction of sp³-hybridized carbons (Fsp3) is 0.304. The summed E-state index contributed by atoms with van der Waals surface area (Å²) in [6, 6.07) is 11.3. The van der Waals surface area contributed by atoms with Crippen LogP contribution in [0.4, 0.5) is 4.39 Å². The minimum Gasteiger partial charge on any atom is -0.478 e. The zero-order chi connectivity index (χ0) is 23.0. The minimum absolute atomic E-state index is 0.0769. The Hall–Kier alpha value is -2.88. The van der Waals surface area contributed by atoms with Crippen LogP contribution < -0.4 is 0 Å². The van der Waals surface area contributed by atoms with E-state index in [-0.39, 0.29) is 36.6 Å². The van der Waals surface area contributed by atoms with Crippen molar-refractivity contribution in [1.82, 2.24) is 9.29 Å². The van der Waals surface area contributed by atoms with Gasteiger partial charge in [0.15, 0.2) is 0 Å². The van der Waals surface area contributed by atoms with Gasteiger partial charge in [-0.3, -0.25) is 0 Å². The molecule has 0 amide bonds. The molecule has 0 spiro atoms. The topological polar surface area (TPSA) is 96.8 Å². The van der Waals surface area contributed by atoms with Gasteiger partial charge < -0.3 is 9.84 Å². The second kappa shape index (κ2) is 8.57. The predicted molar refractivity (Wildman–Crippen MR) is 118 cm³/mol. The van der Waals surface area contributed by atoms with Crippen LogP contribution in [0.2, 0.25) is 0 Å². The van der Waals surface area contributed by atoms with Crippen LogP contribution in [0.15, 0.2) is 47.4 Å². The summed E-state index contributed by atoms with van der Waals surface area (Å²) in [5.41, 5.74) is 3.46. The Kier molecular flexibility index (Phi) is 5.98. The first-order valence-electron chi connectivity index (χ1n) is 10.1. The van der Waals surface area contributed by atoms with Crippen LogP contribution in [0.3, 0.4) is 0 Å². The number of hydrogen-bond donors (Lipinski definition) is 1. The van der Waals surface area contributed by atoms with E-state index in [0.29, 0.717) is 22.3 Å². The van der Waals surface area contributed by atoms with Crippen molar-refractivity contribution in [2.75, 3.05) is 20.2 Å². The molecular formula is C23H23FN2O5S. The summed E-state index contributed by atoms with van der Waals surface area (Å²) in [5, 5.41) is 10.1. The molecule has 0 saturated carbocycles. The molecule has 168 valence electrons. The molecule has 7 nitrogen and oxygen atoms in total. The number of carboxylic acids is 1. The molecule has 4 rings (SSSR count). The summed E-state index contributed by atoms with van der Waals surface area (Å²) in [5.74, 6) is -1.04. The van der Waals surface area contributed by atoms with Gasteiger partial charge in [-0.1, -0.05) is 12.1 Å². The number of rotatable bonds is 6. The summed E-state index contributed by atoms with van der Waals surface area (Å²) < 4.78 is 46.0. The van der Waals surface area contributed by atoms with E-state index in [9.17, 15) is 22.7 Å². The number of benzene rings is 2. The second-order valence-corrected chi connectivity index (χ2v) is 9.80. The van der Waals surface area contributed by atoms with Crippen molar-refractivity contribution >= 4 is 26.9 Å². The summed E-state index contributed by atoms with van der Waals surface area (Å²) >= 11 is 0. The molecule has 0 aliphatic carbocycles. The largest absolute Gasteiger partial charge is 0.478 e. The Bertz CT molecular complexity index is 1310. The Labute approximate surface area is 185 Å². The number of alkyl halides is 1. The van der Waals surface area contributed by atoms with E-state index in [2.05, 4.69) is 4.98 Å². The number of methoxy groups -OCH3 is 1. The number of fused-ring (bicyclic) bond motifs is 1. The van der Waals surface area contributed by atoms with Gasteiger partial charge in [0.1, 0.15) is 6.17 Å². The number of nitrogens with zero attached hydrogens (tertiary/aromatic N) is 2. The van der Waals surface area contributed by atoms with Crippen molar-refractivity contribution in [1.29, 1.82) is 0 Å². The van der Waals surface area contributed by atoms with Crippen LogP contribution >= 0.6 is 0 Å². The molecule has 32 heavy (non-hydrogen) atoms. The Balaban J connectivity index is 1.81. The molecule has 3 aromatic rings. The number of halogens is 1. The number of pyridine rings is 1. The first kappa shape index (κ1) is 22.3. The van der Waals surface area contributed by atoms with E-state index >= 15 is 0 Å². The quantitative estimate of drug-likeness (QED) is 0.604. The predicted octanol–water partition coefficient (Wildman–Crippen LogP) is 3.79. The van der Waals surface area contributed by atoms with Crippen molar-refractivity contribution in [3.63, 3.8) is 0 Å². The lowest BCUT2D eigenvalue weighted by Gasteiger charge is -2.18. The van der Waals surface area contributed by atoms with Crippen LogP contribution in [0.1, 0.15) is 27.9 Å². The van der Waals surface area contributed by atoms with Crippen LogP contribution in [-0.2, 0) is 21.4 Å². The van der Waals surface area contributed by atoms with Gasteiger partial charge in [-0.05, 0) is 54.8 Å². The molecule has 1 N–H and O–H groups in total. The highest BCUT2D eigenvalue weighted by molar-refractivity contribution is 7.89. The van der Waals surface area contributed by atoms with Gasteiger partial charge in [0, 0.05) is 31.1 Å². The van der Waals surface area contributed by atoms with Crippen LogP contribution in [0.25, 0.3) is 22.2 Å². The molecule has 2 heterocycles. The normalized spacial score (nSPS) is 17.2. The summed E-state index contributed by atoms with van der Waals surface area (Å²) in [6.45, 7) is 2.07. The maximum absolute atomic E-state index is 13.6. The van der Waals surface area contributed by atoms with E-state index in [1.165, 1.54) is 31.4 Å². The lowest BCUT2D eigenvalue weighted by molar-refractivity contribution is 0.0697. The average Bonchev–Trinajstić information content (AvgIpc) is 3.20. The van der Waals surface area contributed by atoms with Crippen molar-refractivity contribution in [2.45, 2.75) is 31.0 Å². The molecule has 0 radical (unpaired) electrons. The van der Waals surface area contributed by atoms with E-state index in [4.69, 9.17) is 4.74 Å². The molecule has 1 saturated heterocycles. The first-order chi connectivity index (χ1) is 15.2. The van der Waals surface area contributed by atoms with Gasteiger partial charge in [0.05, 0.1) is 28.3 Å². The molecule has 0 unspecified atom stereocenters. The Morgan fingerprint density at radius 2 is 2.03 bits per heavy atom. The third kappa shape index (κ3) is 4.11. The molecule has 0 bridgehead atoms. The highest BCUT2D eigenvalue weighted by atomic mass is 32.2. The molecule has 9 heteroatoms. The van der Waals surface area contributed by atoms with E-state index in [0.717, 1.165) is 15.3 Å². The Morgan fingerprint density at radius 3 is 2.69 bits per heavy atom. The number of ether oxygens (including phenoxy) is 1. The van der Waals surface area contributed by atoms with E-state index in [1.54, 1.807) is 12.1 Å². The molecule has 1 aliphatic rings. The monoisotopic (exact) mass is 458 g/mol. The highest BCUT2D eigenvalue weighted by Crippen LogP contribution is 2.31. The zero-order valence-electron chi connectivity index (χ0n) is 17.7. The number of sulfonamides is 1. The smallest absolute Gasteiger partial charge is 0.335 e. The minimum atomic E-state index is -3.82. The highest BCUT2D eigenvalue weighted by Gasteiger charge is 2.33. The van der Waals surface area contributed by atoms with Crippen LogP contribution in [0.5, 0.6) is 0 Å². The number of aryl methyl sites for hydroxylation is 1. The van der Waals surface area contributed by atoms with Crippen LogP contribution in [-0.4, -0.2) is 55.2 Å². The van der Waals surface area contributed by atoms with Crippen molar-refractivity contribution < 1.29 is 27.4 Å². The molecule has 1 aliphatic heterocycles. The summed E-state index contributed by atoms with van der Waals surface area (Å²) in [7, 11) is -2.31. The van der Waals surface area contributed by atoms with Gasteiger partial charge in [0.25, 0.3) is 0 Å². The first-order valence-corrected chi connectivity index (χ1v) is 11.6.